The fraction of sp³-hybridized carbons (Fsp3) is 0. The van der Waals surface area contributed by atoms with E-state index in [1.54, 1.807) is 12.4 Å². The summed E-state index contributed by atoms with van der Waals surface area (Å²) in [7, 11) is 0. The Balaban J connectivity index is 0.00000314. The van der Waals surface area contributed by atoms with Crippen molar-refractivity contribution in [2.75, 3.05) is 0 Å². The Hall–Kier alpha value is -5.91. The third-order valence-electron chi connectivity index (χ3n) is 8.71. The van der Waals surface area contributed by atoms with Gasteiger partial charge in [0.2, 0.25) is 0 Å². The molecule has 0 saturated carbocycles. The first-order valence-corrected chi connectivity index (χ1v) is 15.3. The molecule has 0 spiro atoms. The van der Waals surface area contributed by atoms with E-state index in [0.29, 0.717) is 11.5 Å². The standard InChI is InChI=1S/C40H22N6O.Pt/c1-3-9-25(10-4-1)35-36(26-11-5-2-6-12-26)46-39-32(14-8-20-42-39)30-18-16-28(24-34(30)40(46)44-35)47-27-15-17-29-31-13-7-19-41-37(31)45-22-21-43-38(45)33(29)23-27;/h1-22H;/q-2;+2. The average molecular weight is 798 g/mol. The molecule has 0 aliphatic carbocycles. The van der Waals surface area contributed by atoms with E-state index < -0.39 is 0 Å². The van der Waals surface area contributed by atoms with Crippen molar-refractivity contribution >= 4 is 54.9 Å². The van der Waals surface area contributed by atoms with Gasteiger partial charge in [0.1, 0.15) is 11.3 Å². The quantitative estimate of drug-likeness (QED) is 0.131. The second-order valence-corrected chi connectivity index (χ2v) is 11.4. The second-order valence-electron chi connectivity index (χ2n) is 11.4. The minimum absolute atomic E-state index is 0. The number of rotatable bonds is 4. The van der Waals surface area contributed by atoms with Crippen molar-refractivity contribution < 1.29 is 25.8 Å². The maximum absolute atomic E-state index is 6.48. The van der Waals surface area contributed by atoms with Gasteiger partial charge in [0.25, 0.3) is 0 Å². The number of benzene rings is 4. The minimum atomic E-state index is 0. The minimum Gasteiger partial charge on any atom is -0.497 e. The SMILES string of the molecule is [Pt+2].[c-]1c(Oc2[c-]c3c(cc2)c2cccnc2n2c(-c4ccccc4)c(-c4ccccc4)nc32)ccc2c1c1nccn1c1ncccc21. The van der Waals surface area contributed by atoms with Gasteiger partial charge in [-0.15, -0.1) is 12.1 Å². The van der Waals surface area contributed by atoms with Crippen molar-refractivity contribution in [3.05, 3.63) is 146 Å². The van der Waals surface area contributed by atoms with Crippen LogP contribution < -0.4 is 4.74 Å². The average Bonchev–Trinajstić information content (AvgIpc) is 3.80. The molecule has 0 unspecified atom stereocenters. The summed E-state index contributed by atoms with van der Waals surface area (Å²) in [4.78, 5) is 19.4. The van der Waals surface area contributed by atoms with Gasteiger partial charge in [0.15, 0.2) is 0 Å². The first-order chi connectivity index (χ1) is 23.3. The van der Waals surface area contributed by atoms with E-state index in [4.69, 9.17) is 14.7 Å². The smallest absolute Gasteiger partial charge is 0.497 e. The van der Waals surface area contributed by atoms with E-state index in [-0.39, 0.29) is 21.1 Å². The fourth-order valence-electron chi connectivity index (χ4n) is 6.69. The number of ether oxygens (including phenoxy) is 1. The van der Waals surface area contributed by atoms with Crippen LogP contribution in [0.3, 0.4) is 0 Å². The maximum Gasteiger partial charge on any atom is 2.00 e. The molecule has 0 fully saturated rings. The molecule has 228 valence electrons. The molecule has 0 aliphatic rings. The van der Waals surface area contributed by atoms with Gasteiger partial charge in [-0.3, -0.25) is 9.97 Å². The molecule has 0 bridgehead atoms. The van der Waals surface area contributed by atoms with Crippen LogP contribution in [0.4, 0.5) is 0 Å². The predicted octanol–water partition coefficient (Wildman–Crippen LogP) is 9.11. The normalized spacial score (nSPS) is 11.6. The summed E-state index contributed by atoms with van der Waals surface area (Å²) >= 11 is 0. The zero-order valence-electron chi connectivity index (χ0n) is 25.1. The van der Waals surface area contributed by atoms with Crippen LogP contribution in [-0.4, -0.2) is 28.7 Å². The zero-order valence-corrected chi connectivity index (χ0v) is 27.4. The molecule has 7 nitrogen and oxygen atoms in total. The Morgan fingerprint density at radius 2 is 1.08 bits per heavy atom. The number of nitrogens with zero attached hydrogens (tertiary/aromatic N) is 6. The van der Waals surface area contributed by atoms with Crippen LogP contribution in [0.5, 0.6) is 11.5 Å². The summed E-state index contributed by atoms with van der Waals surface area (Å²) in [6.45, 7) is 0. The Kier molecular flexibility index (Phi) is 6.56. The Labute approximate surface area is 288 Å². The van der Waals surface area contributed by atoms with E-state index in [0.717, 1.165) is 77.4 Å². The molecule has 10 aromatic rings. The first-order valence-electron chi connectivity index (χ1n) is 15.3. The molecule has 6 aromatic heterocycles. The van der Waals surface area contributed by atoms with Crippen LogP contribution in [0.25, 0.3) is 77.4 Å². The van der Waals surface area contributed by atoms with Crippen molar-refractivity contribution in [3.63, 3.8) is 0 Å². The van der Waals surface area contributed by atoms with Crippen LogP contribution >= 0.6 is 0 Å². The van der Waals surface area contributed by atoms with E-state index in [1.807, 2.05) is 71.4 Å². The van der Waals surface area contributed by atoms with Gasteiger partial charge in [-0.1, -0.05) is 119 Å². The summed E-state index contributed by atoms with van der Waals surface area (Å²) < 4.78 is 10.6. The molecule has 10 rings (SSSR count). The molecule has 0 radical (unpaired) electrons. The van der Waals surface area contributed by atoms with Crippen molar-refractivity contribution in [1.29, 1.82) is 0 Å². The zero-order chi connectivity index (χ0) is 30.9. The molecule has 48 heavy (non-hydrogen) atoms. The number of hydrogen-bond acceptors (Lipinski definition) is 5. The summed E-state index contributed by atoms with van der Waals surface area (Å²) in [6.07, 6.45) is 7.33. The monoisotopic (exact) mass is 797 g/mol. The van der Waals surface area contributed by atoms with Gasteiger partial charge in [-0.25, -0.2) is 9.97 Å². The molecule has 4 aromatic carbocycles. The maximum atomic E-state index is 6.48. The Morgan fingerprint density at radius 1 is 0.500 bits per heavy atom. The van der Waals surface area contributed by atoms with Crippen LogP contribution in [0.1, 0.15) is 0 Å². The van der Waals surface area contributed by atoms with Gasteiger partial charge in [-0.2, -0.15) is 0 Å². The van der Waals surface area contributed by atoms with E-state index in [2.05, 4.69) is 81.1 Å². The summed E-state index contributed by atoms with van der Waals surface area (Å²) in [5, 5.41) is 5.75. The molecule has 0 aliphatic heterocycles. The van der Waals surface area contributed by atoms with Gasteiger partial charge in [-0.05, 0) is 22.9 Å². The number of imidazole rings is 2. The van der Waals surface area contributed by atoms with Crippen LogP contribution in [0.15, 0.2) is 134 Å². The van der Waals surface area contributed by atoms with Gasteiger partial charge >= 0.3 is 21.1 Å². The van der Waals surface area contributed by atoms with Crippen LogP contribution in [-0.2, 0) is 21.1 Å². The van der Waals surface area contributed by atoms with Gasteiger partial charge < -0.3 is 13.5 Å². The summed E-state index contributed by atoms with van der Waals surface area (Å²) in [5.41, 5.74) is 7.16. The molecule has 0 amide bonds. The van der Waals surface area contributed by atoms with Crippen molar-refractivity contribution in [1.82, 2.24) is 28.7 Å². The van der Waals surface area contributed by atoms with Crippen molar-refractivity contribution in [2.45, 2.75) is 0 Å². The number of fused-ring (bicyclic) bond motifs is 12. The predicted molar refractivity (Wildman–Crippen MR) is 185 cm³/mol. The second kappa shape index (κ2) is 11.1. The van der Waals surface area contributed by atoms with Crippen LogP contribution in [0.2, 0.25) is 0 Å². The van der Waals surface area contributed by atoms with Crippen molar-refractivity contribution in [3.8, 4) is 34.0 Å². The van der Waals surface area contributed by atoms with Crippen molar-refractivity contribution in [2.24, 2.45) is 0 Å². The summed E-state index contributed by atoms with van der Waals surface area (Å²) in [5.74, 6) is 1.13. The van der Waals surface area contributed by atoms with E-state index >= 15 is 0 Å². The Bertz CT molecular complexity index is 2830. The third-order valence-corrected chi connectivity index (χ3v) is 8.71. The molecule has 0 atom stereocenters. The van der Waals surface area contributed by atoms with E-state index in [1.165, 1.54) is 0 Å². The molecule has 6 heterocycles. The largest absolute Gasteiger partial charge is 2.00 e. The molecule has 8 heteroatoms. The van der Waals surface area contributed by atoms with E-state index in [9.17, 15) is 0 Å². The molecule has 0 N–H and O–H groups in total. The topological polar surface area (TPSA) is 69.6 Å². The number of pyridine rings is 4. The number of hydrogen-bond donors (Lipinski definition) is 0. The van der Waals surface area contributed by atoms with Gasteiger partial charge in [0, 0.05) is 47.4 Å². The Morgan fingerprint density at radius 3 is 1.77 bits per heavy atom. The fourth-order valence-corrected chi connectivity index (χ4v) is 6.69. The number of aromatic nitrogens is 6. The van der Waals surface area contributed by atoms with Gasteiger partial charge in [0.05, 0.1) is 22.7 Å². The molecular weight excluding hydrogens is 776 g/mol. The van der Waals surface area contributed by atoms with Crippen LogP contribution in [0, 0.1) is 12.1 Å². The third kappa shape index (κ3) is 4.25. The molecular formula is C40H22N6OPt. The first kappa shape index (κ1) is 28.3. The summed E-state index contributed by atoms with van der Waals surface area (Å²) in [6, 6.07) is 43.8. The molecule has 0 saturated heterocycles.